The van der Waals surface area contributed by atoms with Gasteiger partial charge in [0.15, 0.2) is 0 Å². The van der Waals surface area contributed by atoms with Gasteiger partial charge in [-0.2, -0.15) is 0 Å². The largest absolute Gasteiger partial charge is 0.460 e. The number of amides is 3. The lowest BCUT2D eigenvalue weighted by molar-refractivity contribution is -0.163. The van der Waals surface area contributed by atoms with Crippen LogP contribution in [0.2, 0.25) is 0 Å². The van der Waals surface area contributed by atoms with Crippen molar-refractivity contribution in [1.82, 2.24) is 15.1 Å². The van der Waals surface area contributed by atoms with Crippen molar-refractivity contribution >= 4 is 30.0 Å². The Morgan fingerprint density at radius 3 is 1.36 bits per heavy atom. The first-order valence-electron chi connectivity index (χ1n) is 21.1. The number of likely N-dealkylation sites (tertiary alicyclic amines) is 2. The van der Waals surface area contributed by atoms with Gasteiger partial charge in [0.2, 0.25) is 5.91 Å². The van der Waals surface area contributed by atoms with Crippen molar-refractivity contribution < 1.29 is 42.9 Å². The van der Waals surface area contributed by atoms with E-state index in [9.17, 15) is 24.0 Å². The fourth-order valence-corrected chi connectivity index (χ4v) is 7.55. The average molecular weight is 820 g/mol. The highest BCUT2D eigenvalue weighted by Crippen LogP contribution is 2.33. The molecule has 0 spiro atoms. The number of ether oxygens (including phenoxy) is 4. The minimum atomic E-state index is -0.667. The molecule has 0 radical (unpaired) electrons. The molecule has 0 unspecified atom stereocenters. The molecule has 3 amide bonds. The van der Waals surface area contributed by atoms with Gasteiger partial charge in [-0.1, -0.05) is 48.5 Å². The Hall–Kier alpha value is -4.61. The Kier molecular flexibility index (Phi) is 15.3. The number of carbonyl (C=O) groups excluding carboxylic acids is 5. The van der Waals surface area contributed by atoms with Gasteiger partial charge < -0.3 is 34.1 Å². The van der Waals surface area contributed by atoms with E-state index in [0.717, 1.165) is 22.3 Å². The molecule has 2 aromatic carbocycles. The van der Waals surface area contributed by atoms with Gasteiger partial charge in [0.05, 0.1) is 18.3 Å². The summed E-state index contributed by atoms with van der Waals surface area (Å²) >= 11 is 0. The summed E-state index contributed by atoms with van der Waals surface area (Å²) in [5, 5.41) is 3.04. The predicted molar refractivity (Wildman–Crippen MR) is 226 cm³/mol. The molecule has 4 rings (SSSR count). The summed E-state index contributed by atoms with van der Waals surface area (Å²) in [7, 11) is 0. The third kappa shape index (κ3) is 15.8. The maximum atomic E-state index is 13.6. The van der Waals surface area contributed by atoms with E-state index in [-0.39, 0.29) is 48.3 Å². The Labute approximate surface area is 352 Å². The van der Waals surface area contributed by atoms with Crippen LogP contribution in [0.1, 0.15) is 118 Å². The zero-order valence-electron chi connectivity index (χ0n) is 37.6. The molecule has 0 bridgehead atoms. The van der Waals surface area contributed by atoms with E-state index in [1.807, 2.05) is 132 Å². The fourth-order valence-electron chi connectivity index (χ4n) is 7.55. The smallest absolute Gasteiger partial charge is 0.410 e. The Bertz CT molecular complexity index is 1800. The van der Waals surface area contributed by atoms with Gasteiger partial charge >= 0.3 is 24.1 Å². The number of carbonyl (C=O) groups is 5. The quantitative estimate of drug-likeness (QED) is 0.166. The van der Waals surface area contributed by atoms with Crippen LogP contribution < -0.4 is 5.32 Å². The highest BCUT2D eigenvalue weighted by molar-refractivity contribution is 5.79. The topological polar surface area (TPSA) is 141 Å². The molecule has 59 heavy (non-hydrogen) atoms. The molecule has 2 aliphatic heterocycles. The Balaban J connectivity index is 1.39. The monoisotopic (exact) mass is 820 g/mol. The molecular formula is C47H69N3O9. The Morgan fingerprint density at radius 1 is 0.576 bits per heavy atom. The van der Waals surface area contributed by atoms with Crippen LogP contribution in [0.5, 0.6) is 0 Å². The molecule has 0 saturated carbocycles. The number of nitrogens with zero attached hydrogens (tertiary/aromatic N) is 2. The lowest BCUT2D eigenvalue weighted by atomic mass is 9.85. The number of benzene rings is 2. The molecule has 0 aromatic heterocycles. The maximum absolute atomic E-state index is 13.6. The normalized spacial score (nSPS) is 18.5. The third-order valence-corrected chi connectivity index (χ3v) is 10.1. The van der Waals surface area contributed by atoms with Gasteiger partial charge in [0, 0.05) is 32.7 Å². The van der Waals surface area contributed by atoms with E-state index >= 15 is 0 Å². The first-order chi connectivity index (χ1) is 27.2. The predicted octanol–water partition coefficient (Wildman–Crippen LogP) is 8.06. The highest BCUT2D eigenvalue weighted by Gasteiger charge is 2.40. The standard InChI is InChI=1S/C47H69N3O9/c1-44(2,3)56-40(52)37(35-19-21-49(29-35)42(54)58-46(7,8)9)25-31-15-13-17-33(23-31)27-39(51)48-28-34-18-14-16-32(24-34)26-38(41(53)57-45(4,5)6)36-20-22-50(30-36)43(55)59-47(10,11)12/h13-18,23-24,35-38H,19-22,25-30H2,1-12H3,(H,48,51)/t35-,36-,37-,38-/m0/s1. The molecular weight excluding hydrogens is 751 g/mol. The number of nitrogens with one attached hydrogen (secondary N) is 1. The van der Waals surface area contributed by atoms with Gasteiger partial charge in [-0.3, -0.25) is 14.4 Å². The zero-order chi connectivity index (χ0) is 43.9. The second kappa shape index (κ2) is 19.2. The van der Waals surface area contributed by atoms with Crippen molar-refractivity contribution in [2.45, 2.75) is 144 Å². The maximum Gasteiger partial charge on any atom is 0.410 e. The molecule has 2 heterocycles. The van der Waals surface area contributed by atoms with Crippen LogP contribution in [0, 0.1) is 23.7 Å². The molecule has 12 nitrogen and oxygen atoms in total. The highest BCUT2D eigenvalue weighted by atomic mass is 16.6. The minimum Gasteiger partial charge on any atom is -0.460 e. The van der Waals surface area contributed by atoms with E-state index < -0.39 is 34.2 Å². The second-order valence-electron chi connectivity index (χ2n) is 20.2. The average Bonchev–Trinajstić information content (AvgIpc) is 3.77. The summed E-state index contributed by atoms with van der Waals surface area (Å²) in [4.78, 5) is 69.5. The van der Waals surface area contributed by atoms with Crippen LogP contribution in [0.4, 0.5) is 9.59 Å². The van der Waals surface area contributed by atoms with Crippen LogP contribution in [0.3, 0.4) is 0 Å². The van der Waals surface area contributed by atoms with E-state index in [0.29, 0.717) is 58.4 Å². The van der Waals surface area contributed by atoms with Gasteiger partial charge in [0.25, 0.3) is 0 Å². The lowest BCUT2D eigenvalue weighted by Crippen LogP contribution is -2.38. The molecule has 2 aliphatic rings. The lowest BCUT2D eigenvalue weighted by Gasteiger charge is -2.28. The van der Waals surface area contributed by atoms with Gasteiger partial charge in [0.1, 0.15) is 22.4 Å². The Morgan fingerprint density at radius 2 is 0.949 bits per heavy atom. The van der Waals surface area contributed by atoms with Crippen molar-refractivity contribution in [2.75, 3.05) is 26.2 Å². The van der Waals surface area contributed by atoms with Crippen molar-refractivity contribution in [3.63, 3.8) is 0 Å². The first-order valence-corrected chi connectivity index (χ1v) is 21.1. The van der Waals surface area contributed by atoms with Gasteiger partial charge in [-0.15, -0.1) is 0 Å². The van der Waals surface area contributed by atoms with Gasteiger partial charge in [-0.05, 0) is 143 Å². The van der Waals surface area contributed by atoms with Crippen LogP contribution >= 0.6 is 0 Å². The molecule has 0 aliphatic carbocycles. The van der Waals surface area contributed by atoms with E-state index in [4.69, 9.17) is 18.9 Å². The second-order valence-corrected chi connectivity index (χ2v) is 20.2. The van der Waals surface area contributed by atoms with Crippen molar-refractivity contribution in [2.24, 2.45) is 23.7 Å². The molecule has 2 fully saturated rings. The molecule has 2 saturated heterocycles. The van der Waals surface area contributed by atoms with Gasteiger partial charge in [-0.25, -0.2) is 9.59 Å². The van der Waals surface area contributed by atoms with Crippen LogP contribution in [0.15, 0.2) is 48.5 Å². The zero-order valence-corrected chi connectivity index (χ0v) is 37.6. The van der Waals surface area contributed by atoms with Crippen molar-refractivity contribution in [3.8, 4) is 0 Å². The van der Waals surface area contributed by atoms with E-state index in [1.54, 1.807) is 9.80 Å². The number of hydrogen-bond donors (Lipinski definition) is 1. The summed E-state index contributed by atoms with van der Waals surface area (Å²) in [6, 6.07) is 15.5. The molecule has 2 aromatic rings. The molecule has 326 valence electrons. The van der Waals surface area contributed by atoms with Crippen molar-refractivity contribution in [3.05, 3.63) is 70.8 Å². The number of hydrogen-bond acceptors (Lipinski definition) is 9. The fraction of sp³-hybridized carbons (Fsp3) is 0.638. The number of esters is 2. The summed E-state index contributed by atoms with van der Waals surface area (Å²) in [6.45, 7) is 24.2. The molecule has 12 heteroatoms. The third-order valence-electron chi connectivity index (χ3n) is 10.1. The first kappa shape index (κ1) is 47.1. The van der Waals surface area contributed by atoms with Crippen molar-refractivity contribution in [1.29, 1.82) is 0 Å². The summed E-state index contributed by atoms with van der Waals surface area (Å²) in [5.74, 6) is -1.90. The minimum absolute atomic E-state index is 0.0963. The SMILES string of the molecule is CC(C)(C)OC(=O)[C@@H](Cc1cccc(CNC(=O)Cc2cccc(C[C@H](C(=O)OC(C)(C)C)[C@H]3CCN(C(=O)OC(C)(C)C)C3)c2)c1)[C@H]1CCN(C(=O)OC(C)(C)C)C1. The van der Waals surface area contributed by atoms with Crippen LogP contribution in [-0.4, -0.2) is 88.4 Å². The van der Waals surface area contributed by atoms with E-state index in [1.165, 1.54) is 0 Å². The summed E-state index contributed by atoms with van der Waals surface area (Å²) in [5.41, 5.74) is 0.996. The van der Waals surface area contributed by atoms with Crippen LogP contribution in [0.25, 0.3) is 0 Å². The molecule has 1 N–H and O–H groups in total. The summed E-state index contributed by atoms with van der Waals surface area (Å²) in [6.07, 6.45) is 1.54. The summed E-state index contributed by atoms with van der Waals surface area (Å²) < 4.78 is 22.9. The number of rotatable bonds is 12. The van der Waals surface area contributed by atoms with E-state index in [2.05, 4.69) is 5.32 Å². The molecule has 4 atom stereocenters. The van der Waals surface area contributed by atoms with Crippen LogP contribution in [-0.2, 0) is 59.1 Å².